The van der Waals surface area contributed by atoms with Crippen molar-refractivity contribution >= 4 is 20.2 Å². The van der Waals surface area contributed by atoms with E-state index in [9.17, 15) is 16.8 Å². The van der Waals surface area contributed by atoms with E-state index in [-0.39, 0.29) is 16.2 Å². The van der Waals surface area contributed by atoms with E-state index in [1.54, 1.807) is 24.3 Å². The van der Waals surface area contributed by atoms with Gasteiger partial charge in [-0.15, -0.1) is 0 Å². The van der Waals surface area contributed by atoms with Gasteiger partial charge in [0.15, 0.2) is 6.29 Å². The Labute approximate surface area is 199 Å². The van der Waals surface area contributed by atoms with Crippen LogP contribution in [0, 0.1) is 13.8 Å². The van der Waals surface area contributed by atoms with Crippen LogP contribution >= 0.6 is 0 Å². The Bertz CT molecular complexity index is 966. The van der Waals surface area contributed by atoms with Crippen LogP contribution in [0.5, 0.6) is 0 Å². The third-order valence-electron chi connectivity index (χ3n) is 5.38. The second kappa shape index (κ2) is 13.2. The molecule has 33 heavy (non-hydrogen) atoms. The van der Waals surface area contributed by atoms with Gasteiger partial charge in [0.25, 0.3) is 20.2 Å². The molecule has 0 saturated heterocycles. The van der Waals surface area contributed by atoms with Gasteiger partial charge >= 0.3 is 0 Å². The Balaban J connectivity index is 2.07. The van der Waals surface area contributed by atoms with E-state index in [0.29, 0.717) is 6.42 Å². The zero-order valence-corrected chi connectivity index (χ0v) is 21.5. The maximum atomic E-state index is 12.8. The molecule has 184 valence electrons. The van der Waals surface area contributed by atoms with Crippen molar-refractivity contribution in [3.63, 3.8) is 0 Å². The van der Waals surface area contributed by atoms with Crippen molar-refractivity contribution in [2.75, 3.05) is 0 Å². The maximum Gasteiger partial charge on any atom is 0.299 e. The van der Waals surface area contributed by atoms with Gasteiger partial charge in [-0.05, 0) is 44.5 Å². The molecular formula is C25H36O6S2. The SMILES string of the molecule is CCCCCCCCCCC(OS(=O)(=O)c1ccc(C)cc1)OS(=O)(=O)c1ccc(C)cc1. The summed E-state index contributed by atoms with van der Waals surface area (Å²) in [4.78, 5) is -0.0734. The van der Waals surface area contributed by atoms with Crippen molar-refractivity contribution in [2.24, 2.45) is 0 Å². The Kier molecular flexibility index (Phi) is 11.0. The number of benzene rings is 2. The molecule has 0 aliphatic carbocycles. The van der Waals surface area contributed by atoms with E-state index < -0.39 is 26.5 Å². The summed E-state index contributed by atoms with van der Waals surface area (Å²) in [6, 6.07) is 12.4. The van der Waals surface area contributed by atoms with Crippen LogP contribution in [0.1, 0.15) is 75.8 Å². The lowest BCUT2D eigenvalue weighted by atomic mass is 10.1. The zero-order valence-electron chi connectivity index (χ0n) is 19.8. The number of aryl methyl sites for hydroxylation is 2. The van der Waals surface area contributed by atoms with Crippen molar-refractivity contribution in [1.82, 2.24) is 0 Å². The van der Waals surface area contributed by atoms with Gasteiger partial charge in [0.1, 0.15) is 0 Å². The van der Waals surface area contributed by atoms with Crippen molar-refractivity contribution in [2.45, 2.75) is 94.6 Å². The second-order valence-corrected chi connectivity index (χ2v) is 11.6. The molecule has 8 heteroatoms. The van der Waals surface area contributed by atoms with Crippen LogP contribution in [0.15, 0.2) is 58.3 Å². The van der Waals surface area contributed by atoms with Crippen molar-refractivity contribution < 1.29 is 25.2 Å². The second-order valence-electron chi connectivity index (χ2n) is 8.42. The Hall–Kier alpha value is -1.74. The molecule has 0 aliphatic rings. The highest BCUT2D eigenvalue weighted by Crippen LogP contribution is 2.23. The average molecular weight is 497 g/mol. The van der Waals surface area contributed by atoms with Crippen LogP contribution in [-0.4, -0.2) is 23.1 Å². The molecule has 0 unspecified atom stereocenters. The first-order valence-corrected chi connectivity index (χ1v) is 14.5. The molecule has 0 aromatic heterocycles. The topological polar surface area (TPSA) is 86.7 Å². The van der Waals surface area contributed by atoms with Gasteiger partial charge < -0.3 is 0 Å². The average Bonchev–Trinajstić information content (AvgIpc) is 2.75. The summed E-state index contributed by atoms with van der Waals surface area (Å²) in [5, 5.41) is 0. The van der Waals surface area contributed by atoms with Crippen LogP contribution in [0.4, 0.5) is 0 Å². The third-order valence-corrected chi connectivity index (χ3v) is 8.02. The summed E-state index contributed by atoms with van der Waals surface area (Å²) in [5.74, 6) is 0. The largest absolute Gasteiger partial charge is 0.299 e. The summed E-state index contributed by atoms with van der Waals surface area (Å²) < 4.78 is 61.6. The minimum Gasteiger partial charge on any atom is -0.233 e. The molecule has 0 fully saturated rings. The Morgan fingerprint density at radius 1 is 0.606 bits per heavy atom. The molecule has 0 N–H and O–H groups in total. The van der Waals surface area contributed by atoms with Gasteiger partial charge in [0.05, 0.1) is 9.79 Å². The fourth-order valence-corrected chi connectivity index (χ4v) is 5.41. The lowest BCUT2D eigenvalue weighted by Gasteiger charge is -2.18. The van der Waals surface area contributed by atoms with Crippen LogP contribution in [-0.2, 0) is 28.6 Å². The molecule has 0 saturated carbocycles. The van der Waals surface area contributed by atoms with Gasteiger partial charge in [0.2, 0.25) is 0 Å². The smallest absolute Gasteiger partial charge is 0.233 e. The number of rotatable bonds is 15. The highest BCUT2D eigenvalue weighted by molar-refractivity contribution is 7.87. The van der Waals surface area contributed by atoms with Gasteiger partial charge in [-0.1, -0.05) is 87.3 Å². The normalized spacial score (nSPS) is 12.4. The molecule has 2 rings (SSSR count). The fraction of sp³-hybridized carbons (Fsp3) is 0.520. The fourth-order valence-electron chi connectivity index (χ4n) is 3.36. The molecule has 2 aromatic carbocycles. The van der Waals surface area contributed by atoms with E-state index in [1.807, 2.05) is 13.8 Å². The first-order chi connectivity index (χ1) is 15.6. The predicted molar refractivity (Wildman–Crippen MR) is 130 cm³/mol. The molecule has 0 heterocycles. The first-order valence-electron chi connectivity index (χ1n) is 11.6. The van der Waals surface area contributed by atoms with E-state index >= 15 is 0 Å². The van der Waals surface area contributed by atoms with E-state index in [0.717, 1.165) is 30.4 Å². The summed E-state index contributed by atoms with van der Waals surface area (Å²) in [5.41, 5.74) is 1.81. The van der Waals surface area contributed by atoms with Crippen LogP contribution in [0.25, 0.3) is 0 Å². The molecule has 0 bridgehead atoms. The number of hydrogen-bond acceptors (Lipinski definition) is 6. The molecule has 0 spiro atoms. The van der Waals surface area contributed by atoms with Crippen molar-refractivity contribution in [3.8, 4) is 0 Å². The van der Waals surface area contributed by atoms with Gasteiger partial charge in [0, 0.05) is 6.42 Å². The van der Waals surface area contributed by atoms with E-state index in [4.69, 9.17) is 8.37 Å². The highest BCUT2D eigenvalue weighted by atomic mass is 32.2. The highest BCUT2D eigenvalue weighted by Gasteiger charge is 2.28. The Morgan fingerprint density at radius 2 is 0.970 bits per heavy atom. The van der Waals surface area contributed by atoms with Crippen molar-refractivity contribution in [1.29, 1.82) is 0 Å². The monoisotopic (exact) mass is 496 g/mol. The lowest BCUT2D eigenvalue weighted by Crippen LogP contribution is -2.25. The molecule has 2 aromatic rings. The van der Waals surface area contributed by atoms with Crippen molar-refractivity contribution in [3.05, 3.63) is 59.7 Å². The van der Waals surface area contributed by atoms with Gasteiger partial charge in [-0.3, -0.25) is 0 Å². The molecule has 0 atom stereocenters. The maximum absolute atomic E-state index is 12.8. The minimum atomic E-state index is -4.18. The molecule has 0 radical (unpaired) electrons. The first kappa shape index (κ1) is 27.5. The zero-order chi connectivity index (χ0) is 24.3. The standard InChI is InChI=1S/C25H36O6S2/c1-4-5-6-7-8-9-10-11-12-25(30-32(26,27)23-17-13-21(2)14-18-23)31-33(28,29)24-19-15-22(3)16-20-24/h13-20,25H,4-12H2,1-3H3. The summed E-state index contributed by atoms with van der Waals surface area (Å²) in [7, 11) is -8.37. The number of unbranched alkanes of at least 4 members (excludes halogenated alkanes) is 7. The predicted octanol–water partition coefficient (Wildman–Crippen LogP) is 6.27. The minimum absolute atomic E-state index is 0.0367. The molecule has 0 amide bonds. The summed E-state index contributed by atoms with van der Waals surface area (Å²) >= 11 is 0. The van der Waals surface area contributed by atoms with Crippen LogP contribution < -0.4 is 0 Å². The Morgan fingerprint density at radius 3 is 1.36 bits per heavy atom. The van der Waals surface area contributed by atoms with E-state index in [2.05, 4.69) is 6.92 Å². The van der Waals surface area contributed by atoms with Gasteiger partial charge in [-0.2, -0.15) is 16.8 Å². The van der Waals surface area contributed by atoms with E-state index in [1.165, 1.54) is 49.9 Å². The quantitative estimate of drug-likeness (QED) is 0.164. The van der Waals surface area contributed by atoms with Gasteiger partial charge in [-0.25, -0.2) is 8.37 Å². The molecule has 0 aliphatic heterocycles. The molecular weight excluding hydrogens is 460 g/mol. The summed E-state index contributed by atoms with van der Waals surface area (Å²) in [6.45, 7) is 5.87. The van der Waals surface area contributed by atoms with Crippen LogP contribution in [0.3, 0.4) is 0 Å². The molecule has 6 nitrogen and oxygen atoms in total. The third kappa shape index (κ3) is 9.57. The summed E-state index contributed by atoms with van der Waals surface area (Å²) in [6.07, 6.45) is 7.12. The number of hydrogen-bond donors (Lipinski definition) is 0. The lowest BCUT2D eigenvalue weighted by molar-refractivity contribution is 0.00873. The van der Waals surface area contributed by atoms with Crippen LogP contribution in [0.2, 0.25) is 0 Å².